The Morgan fingerprint density at radius 1 is 1.07 bits per heavy atom. The first-order chi connectivity index (χ1) is 14.0. The molecule has 1 N–H and O–H groups in total. The summed E-state index contributed by atoms with van der Waals surface area (Å²) in [6.45, 7) is 4.41. The maximum Gasteiger partial charge on any atom is 0.260 e. The molecule has 2 aromatic heterocycles. The molecule has 0 saturated carbocycles. The molecular formula is C22H20ClN5O. The summed E-state index contributed by atoms with van der Waals surface area (Å²) in [4.78, 5) is 12.9. The normalized spacial score (nSPS) is 10.9. The first kappa shape index (κ1) is 19.0. The zero-order valence-corrected chi connectivity index (χ0v) is 16.9. The summed E-state index contributed by atoms with van der Waals surface area (Å²) in [5, 5.41) is 12.3. The lowest BCUT2D eigenvalue weighted by Gasteiger charge is -2.10. The van der Waals surface area contributed by atoms with Gasteiger partial charge in [-0.05, 0) is 49.2 Å². The minimum Gasteiger partial charge on any atom is -0.307 e. The Hall–Kier alpha value is -3.38. The fourth-order valence-electron chi connectivity index (χ4n) is 3.21. The number of carbonyl (C=O) groups excluding carboxylic acids is 1. The van der Waals surface area contributed by atoms with Crippen molar-refractivity contribution in [2.75, 3.05) is 5.32 Å². The third-order valence-corrected chi connectivity index (χ3v) is 4.92. The van der Waals surface area contributed by atoms with Gasteiger partial charge in [0, 0.05) is 11.1 Å². The Morgan fingerprint density at radius 2 is 1.90 bits per heavy atom. The van der Waals surface area contributed by atoms with E-state index in [0.717, 1.165) is 22.5 Å². The molecule has 1 amide bonds. The molecule has 0 aliphatic rings. The smallest absolute Gasteiger partial charge is 0.260 e. The van der Waals surface area contributed by atoms with E-state index in [1.165, 1.54) is 0 Å². The molecule has 0 saturated heterocycles. The molecule has 0 spiro atoms. The number of anilines is 1. The van der Waals surface area contributed by atoms with Gasteiger partial charge in [-0.1, -0.05) is 35.9 Å². The number of rotatable bonds is 5. The van der Waals surface area contributed by atoms with Crippen molar-refractivity contribution in [3.8, 4) is 5.69 Å². The molecule has 29 heavy (non-hydrogen) atoms. The van der Waals surface area contributed by atoms with E-state index >= 15 is 0 Å². The van der Waals surface area contributed by atoms with E-state index in [9.17, 15) is 4.79 Å². The topological polar surface area (TPSA) is 64.7 Å². The molecule has 0 fully saturated rings. The highest BCUT2D eigenvalue weighted by Gasteiger charge is 2.17. The SMILES string of the molecule is Cc1cccc(-n2ncc(C(=O)Nc3ccnn3Cc3cccc(Cl)c3)c2C)c1. The van der Waals surface area contributed by atoms with E-state index in [4.69, 9.17) is 11.6 Å². The van der Waals surface area contributed by atoms with Crippen molar-refractivity contribution in [1.29, 1.82) is 0 Å². The lowest BCUT2D eigenvalue weighted by atomic mass is 10.2. The lowest BCUT2D eigenvalue weighted by Crippen LogP contribution is -2.17. The van der Waals surface area contributed by atoms with Crippen LogP contribution >= 0.6 is 11.6 Å². The number of aromatic nitrogens is 4. The quantitative estimate of drug-likeness (QED) is 0.526. The van der Waals surface area contributed by atoms with E-state index in [2.05, 4.69) is 15.5 Å². The Kier molecular flexibility index (Phi) is 5.18. The third-order valence-electron chi connectivity index (χ3n) is 4.68. The highest BCUT2D eigenvalue weighted by atomic mass is 35.5. The Balaban J connectivity index is 1.55. The fraction of sp³-hybridized carbons (Fsp3) is 0.136. The Bertz CT molecular complexity index is 1180. The fourth-order valence-corrected chi connectivity index (χ4v) is 3.42. The summed E-state index contributed by atoms with van der Waals surface area (Å²) >= 11 is 6.06. The Labute approximate surface area is 173 Å². The lowest BCUT2D eigenvalue weighted by molar-refractivity contribution is 0.102. The van der Waals surface area contributed by atoms with Crippen LogP contribution < -0.4 is 5.32 Å². The number of carbonyl (C=O) groups is 1. The van der Waals surface area contributed by atoms with Gasteiger partial charge in [0.1, 0.15) is 5.82 Å². The summed E-state index contributed by atoms with van der Waals surface area (Å²) in [5.74, 6) is 0.381. The highest BCUT2D eigenvalue weighted by molar-refractivity contribution is 6.30. The number of hydrogen-bond acceptors (Lipinski definition) is 3. The van der Waals surface area contributed by atoms with Gasteiger partial charge in [0.15, 0.2) is 0 Å². The molecule has 0 radical (unpaired) electrons. The second-order valence-electron chi connectivity index (χ2n) is 6.85. The minimum absolute atomic E-state index is 0.228. The van der Waals surface area contributed by atoms with Crippen LogP contribution in [0.2, 0.25) is 5.02 Å². The van der Waals surface area contributed by atoms with Gasteiger partial charge in [0.2, 0.25) is 0 Å². The van der Waals surface area contributed by atoms with Crippen LogP contribution in [0.25, 0.3) is 5.69 Å². The average molecular weight is 406 g/mol. The molecule has 146 valence electrons. The van der Waals surface area contributed by atoms with Crippen molar-refractivity contribution in [2.45, 2.75) is 20.4 Å². The van der Waals surface area contributed by atoms with E-state index in [1.54, 1.807) is 27.8 Å². The highest BCUT2D eigenvalue weighted by Crippen LogP contribution is 2.18. The van der Waals surface area contributed by atoms with Crippen molar-refractivity contribution in [1.82, 2.24) is 19.6 Å². The molecule has 0 bridgehead atoms. The molecule has 2 heterocycles. The van der Waals surface area contributed by atoms with Crippen LogP contribution in [-0.4, -0.2) is 25.5 Å². The van der Waals surface area contributed by atoms with Crippen LogP contribution in [0.3, 0.4) is 0 Å². The summed E-state index contributed by atoms with van der Waals surface area (Å²) < 4.78 is 3.50. The van der Waals surface area contributed by atoms with Crippen LogP contribution in [0, 0.1) is 13.8 Å². The van der Waals surface area contributed by atoms with Gasteiger partial charge in [0.25, 0.3) is 5.91 Å². The van der Waals surface area contributed by atoms with E-state index in [0.29, 0.717) is 22.9 Å². The monoisotopic (exact) mass is 405 g/mol. The number of benzene rings is 2. The molecule has 0 unspecified atom stereocenters. The molecule has 4 rings (SSSR count). The van der Waals surface area contributed by atoms with Crippen LogP contribution in [0.5, 0.6) is 0 Å². The van der Waals surface area contributed by atoms with Gasteiger partial charge in [0.05, 0.1) is 35.9 Å². The number of nitrogens with zero attached hydrogens (tertiary/aromatic N) is 4. The van der Waals surface area contributed by atoms with E-state index in [-0.39, 0.29) is 5.91 Å². The largest absolute Gasteiger partial charge is 0.307 e. The number of aryl methyl sites for hydroxylation is 1. The molecule has 0 aliphatic carbocycles. The predicted molar refractivity (Wildman–Crippen MR) is 114 cm³/mol. The van der Waals surface area contributed by atoms with E-state index < -0.39 is 0 Å². The first-order valence-corrected chi connectivity index (χ1v) is 9.58. The van der Waals surface area contributed by atoms with Crippen LogP contribution in [0.4, 0.5) is 5.82 Å². The summed E-state index contributed by atoms with van der Waals surface area (Å²) in [7, 11) is 0. The van der Waals surface area contributed by atoms with Crippen LogP contribution in [0.15, 0.2) is 67.0 Å². The zero-order valence-electron chi connectivity index (χ0n) is 16.1. The molecule has 4 aromatic rings. The van der Waals surface area contributed by atoms with Crippen molar-refractivity contribution in [2.24, 2.45) is 0 Å². The molecule has 6 nitrogen and oxygen atoms in total. The zero-order chi connectivity index (χ0) is 20.4. The van der Waals surface area contributed by atoms with Crippen LogP contribution in [-0.2, 0) is 6.54 Å². The molecule has 7 heteroatoms. The number of nitrogens with one attached hydrogen (secondary N) is 1. The van der Waals surface area contributed by atoms with Gasteiger partial charge in [-0.2, -0.15) is 10.2 Å². The molecule has 0 atom stereocenters. The van der Waals surface area contributed by atoms with Gasteiger partial charge < -0.3 is 5.32 Å². The average Bonchev–Trinajstić information content (AvgIpc) is 3.28. The van der Waals surface area contributed by atoms with Crippen molar-refractivity contribution >= 4 is 23.3 Å². The van der Waals surface area contributed by atoms with Gasteiger partial charge in [-0.3, -0.25) is 4.79 Å². The van der Waals surface area contributed by atoms with Crippen LogP contribution in [0.1, 0.15) is 27.2 Å². The van der Waals surface area contributed by atoms with Crippen molar-refractivity contribution in [3.63, 3.8) is 0 Å². The number of halogens is 1. The Morgan fingerprint density at radius 3 is 2.69 bits per heavy atom. The van der Waals surface area contributed by atoms with Crippen molar-refractivity contribution < 1.29 is 4.79 Å². The summed E-state index contributed by atoms with van der Waals surface area (Å²) in [6.07, 6.45) is 3.24. The van der Waals surface area contributed by atoms with Gasteiger partial charge in [-0.15, -0.1) is 0 Å². The predicted octanol–water partition coefficient (Wildman–Crippen LogP) is 4.64. The minimum atomic E-state index is -0.228. The summed E-state index contributed by atoms with van der Waals surface area (Å²) in [5.41, 5.74) is 4.34. The first-order valence-electron chi connectivity index (χ1n) is 9.20. The second-order valence-corrected chi connectivity index (χ2v) is 7.29. The molecule has 0 aliphatic heterocycles. The maximum atomic E-state index is 12.9. The summed E-state index contributed by atoms with van der Waals surface area (Å²) in [6, 6.07) is 17.3. The second kappa shape index (κ2) is 7.93. The standard InChI is InChI=1S/C22H20ClN5O/c1-15-5-3-8-19(11-15)28-16(2)20(13-25-28)22(29)26-21-9-10-24-27(21)14-17-6-4-7-18(23)12-17/h3-13H,14H2,1-2H3,(H,26,29). The molecule has 2 aromatic carbocycles. The van der Waals surface area contributed by atoms with Gasteiger partial charge in [-0.25, -0.2) is 9.36 Å². The molecular weight excluding hydrogens is 386 g/mol. The van der Waals surface area contributed by atoms with Gasteiger partial charge >= 0.3 is 0 Å². The van der Waals surface area contributed by atoms with E-state index in [1.807, 2.05) is 62.4 Å². The number of hydrogen-bond donors (Lipinski definition) is 1. The third kappa shape index (κ3) is 4.07. The maximum absolute atomic E-state index is 12.9. The number of amides is 1. The van der Waals surface area contributed by atoms with Crippen molar-refractivity contribution in [3.05, 3.63) is 94.4 Å².